The zero-order valence-electron chi connectivity index (χ0n) is 21.6. The molecule has 5 aliphatic rings. The highest BCUT2D eigenvalue weighted by molar-refractivity contribution is 5.37. The Hall–Kier alpha value is -0.260. The van der Waals surface area contributed by atoms with Gasteiger partial charge < -0.3 is 0 Å². The van der Waals surface area contributed by atoms with Gasteiger partial charge in [-0.05, 0) is 115 Å². The van der Waals surface area contributed by atoms with Crippen LogP contribution in [0.4, 0.5) is 0 Å². The Balaban J connectivity index is 1.60. The fourth-order valence-electron chi connectivity index (χ4n) is 10.6. The van der Waals surface area contributed by atoms with Crippen LogP contribution in [0.2, 0.25) is 0 Å². The summed E-state index contributed by atoms with van der Waals surface area (Å²) >= 11 is 0. The van der Waals surface area contributed by atoms with Crippen LogP contribution >= 0.6 is 0 Å². The third-order valence-corrected chi connectivity index (χ3v) is 12.7. The summed E-state index contributed by atoms with van der Waals surface area (Å²) in [6.07, 6.45) is 17.4. The molecular formula is C30H50. The highest BCUT2D eigenvalue weighted by atomic mass is 14.7. The maximum absolute atomic E-state index is 2.77. The Labute approximate surface area is 188 Å². The third-order valence-electron chi connectivity index (χ3n) is 12.7. The predicted octanol–water partition coefficient (Wildman–Crippen LogP) is 9.34. The van der Waals surface area contributed by atoms with Crippen LogP contribution in [-0.2, 0) is 0 Å². The predicted molar refractivity (Wildman–Crippen MR) is 129 cm³/mol. The van der Waals surface area contributed by atoms with Crippen LogP contribution in [0.5, 0.6) is 0 Å². The van der Waals surface area contributed by atoms with E-state index in [2.05, 4.69) is 55.4 Å². The lowest BCUT2D eigenvalue weighted by Gasteiger charge is -2.70. The fourth-order valence-corrected chi connectivity index (χ4v) is 10.6. The second-order valence-electron chi connectivity index (χ2n) is 15.1. The van der Waals surface area contributed by atoms with Crippen LogP contribution < -0.4 is 0 Å². The summed E-state index contributed by atoms with van der Waals surface area (Å²) in [7, 11) is 0. The van der Waals surface area contributed by atoms with Gasteiger partial charge in [0.1, 0.15) is 0 Å². The molecule has 5 aliphatic carbocycles. The second-order valence-corrected chi connectivity index (χ2v) is 15.1. The minimum Gasteiger partial charge on any atom is -0.0640 e. The van der Waals surface area contributed by atoms with Crippen molar-refractivity contribution >= 4 is 0 Å². The molecule has 170 valence electrons. The lowest BCUT2D eigenvalue weighted by Crippen LogP contribution is -2.62. The van der Waals surface area contributed by atoms with E-state index in [0.29, 0.717) is 32.5 Å². The average molecular weight is 411 g/mol. The van der Waals surface area contributed by atoms with Crippen LogP contribution in [0, 0.1) is 44.3 Å². The van der Waals surface area contributed by atoms with Crippen molar-refractivity contribution in [3.8, 4) is 0 Å². The van der Waals surface area contributed by atoms with E-state index in [-0.39, 0.29) is 0 Å². The first-order chi connectivity index (χ1) is 13.8. The third kappa shape index (κ3) is 2.64. The molecule has 30 heavy (non-hydrogen) atoms. The standard InChI is InChI=1S/C30H50/c1-25(2)16-17-27(5)18-19-29(7)21(22(27)20-25)10-11-24-28(6)14-9-13-26(3,4)23(28)12-15-30(24,29)8/h23-24H,9-20H2,1-8H3. The molecule has 0 heteroatoms. The summed E-state index contributed by atoms with van der Waals surface area (Å²) in [5, 5.41) is 0. The molecule has 0 spiro atoms. The molecular weight excluding hydrogens is 360 g/mol. The molecule has 6 unspecified atom stereocenters. The van der Waals surface area contributed by atoms with Gasteiger partial charge in [0.25, 0.3) is 0 Å². The van der Waals surface area contributed by atoms with Gasteiger partial charge >= 0.3 is 0 Å². The summed E-state index contributed by atoms with van der Waals surface area (Å²) in [5.74, 6) is 1.87. The molecule has 0 N–H and O–H groups in total. The van der Waals surface area contributed by atoms with Crippen LogP contribution in [-0.4, -0.2) is 0 Å². The number of hydrogen-bond donors (Lipinski definition) is 0. The molecule has 0 aromatic rings. The van der Waals surface area contributed by atoms with E-state index < -0.39 is 0 Å². The SMILES string of the molecule is CC1(C)CCC2(C)CCC3(C)C(=C2C1)CCC1C2(C)CCCC(C)(C)C2CCC13C. The van der Waals surface area contributed by atoms with Crippen molar-refractivity contribution in [3.05, 3.63) is 11.1 Å². The Morgan fingerprint density at radius 3 is 2.07 bits per heavy atom. The molecule has 0 bridgehead atoms. The normalized spacial score (nSPS) is 52.0. The van der Waals surface area contributed by atoms with Gasteiger partial charge in [-0.1, -0.05) is 73.0 Å². The van der Waals surface area contributed by atoms with Crippen molar-refractivity contribution in [2.75, 3.05) is 0 Å². The van der Waals surface area contributed by atoms with Crippen LogP contribution in [0.3, 0.4) is 0 Å². The Bertz CT molecular complexity index is 767. The first-order valence-corrected chi connectivity index (χ1v) is 13.5. The average Bonchev–Trinajstić information content (AvgIpc) is 2.63. The zero-order chi connectivity index (χ0) is 21.8. The minimum absolute atomic E-state index is 0.452. The molecule has 5 rings (SSSR count). The van der Waals surface area contributed by atoms with Crippen molar-refractivity contribution < 1.29 is 0 Å². The van der Waals surface area contributed by atoms with Gasteiger partial charge in [0.05, 0.1) is 0 Å². The summed E-state index contributed by atoms with van der Waals surface area (Å²) in [6, 6.07) is 0. The van der Waals surface area contributed by atoms with Gasteiger partial charge in [-0.2, -0.15) is 0 Å². The monoisotopic (exact) mass is 410 g/mol. The van der Waals surface area contributed by atoms with Crippen molar-refractivity contribution in [3.63, 3.8) is 0 Å². The van der Waals surface area contributed by atoms with Gasteiger partial charge in [0.2, 0.25) is 0 Å². The summed E-state index contributed by atoms with van der Waals surface area (Å²) in [4.78, 5) is 0. The van der Waals surface area contributed by atoms with Gasteiger partial charge in [0.15, 0.2) is 0 Å². The largest absolute Gasteiger partial charge is 0.0640 e. The van der Waals surface area contributed by atoms with Crippen LogP contribution in [0.25, 0.3) is 0 Å². The highest BCUT2D eigenvalue weighted by Gasteiger charge is 2.66. The molecule has 0 amide bonds. The van der Waals surface area contributed by atoms with E-state index in [1.54, 1.807) is 0 Å². The fraction of sp³-hybridized carbons (Fsp3) is 0.933. The zero-order valence-corrected chi connectivity index (χ0v) is 21.6. The van der Waals surface area contributed by atoms with Crippen molar-refractivity contribution in [1.29, 1.82) is 0 Å². The smallest absolute Gasteiger partial charge is 0.00566 e. The molecule has 0 heterocycles. The maximum Gasteiger partial charge on any atom is -0.00566 e. The Kier molecular flexibility index (Phi) is 4.46. The summed E-state index contributed by atoms with van der Waals surface area (Å²) < 4.78 is 0. The molecule has 4 fully saturated rings. The quantitative estimate of drug-likeness (QED) is 0.349. The molecule has 0 aliphatic heterocycles. The maximum atomic E-state index is 2.77. The first kappa shape index (κ1) is 21.6. The Morgan fingerprint density at radius 2 is 1.33 bits per heavy atom. The molecule has 0 nitrogen and oxygen atoms in total. The molecule has 0 aromatic heterocycles. The van der Waals surface area contributed by atoms with E-state index in [1.807, 2.05) is 11.1 Å². The van der Waals surface area contributed by atoms with Gasteiger partial charge in [-0.25, -0.2) is 0 Å². The topological polar surface area (TPSA) is 0 Å². The highest BCUT2D eigenvalue weighted by Crippen LogP contribution is 2.75. The molecule has 4 saturated carbocycles. The lowest BCUT2D eigenvalue weighted by atomic mass is 9.34. The Morgan fingerprint density at radius 1 is 0.633 bits per heavy atom. The molecule has 6 atom stereocenters. The summed E-state index contributed by atoms with van der Waals surface area (Å²) in [5.41, 5.74) is 7.02. The van der Waals surface area contributed by atoms with Crippen molar-refractivity contribution in [2.45, 2.75) is 132 Å². The number of hydrogen-bond acceptors (Lipinski definition) is 0. The van der Waals surface area contributed by atoms with E-state index >= 15 is 0 Å². The van der Waals surface area contributed by atoms with E-state index in [9.17, 15) is 0 Å². The first-order valence-electron chi connectivity index (χ1n) is 13.5. The second kappa shape index (κ2) is 6.20. The number of allylic oxidation sites excluding steroid dienone is 2. The van der Waals surface area contributed by atoms with Crippen LogP contribution in [0.1, 0.15) is 132 Å². The molecule has 0 saturated heterocycles. The van der Waals surface area contributed by atoms with E-state index in [4.69, 9.17) is 0 Å². The van der Waals surface area contributed by atoms with E-state index in [1.165, 1.54) is 77.0 Å². The van der Waals surface area contributed by atoms with E-state index in [0.717, 1.165) is 11.8 Å². The molecule has 0 radical (unpaired) electrons. The van der Waals surface area contributed by atoms with Gasteiger partial charge in [-0.15, -0.1) is 0 Å². The van der Waals surface area contributed by atoms with Gasteiger partial charge in [0, 0.05) is 0 Å². The summed E-state index contributed by atoms with van der Waals surface area (Å²) in [6.45, 7) is 21.2. The van der Waals surface area contributed by atoms with Gasteiger partial charge in [-0.3, -0.25) is 0 Å². The molecule has 0 aromatic carbocycles. The van der Waals surface area contributed by atoms with Crippen molar-refractivity contribution in [1.82, 2.24) is 0 Å². The number of fused-ring (bicyclic) bond motifs is 6. The van der Waals surface area contributed by atoms with Crippen molar-refractivity contribution in [2.24, 2.45) is 44.3 Å². The van der Waals surface area contributed by atoms with Crippen LogP contribution in [0.15, 0.2) is 11.1 Å². The number of rotatable bonds is 0. The minimum atomic E-state index is 0.452. The lowest BCUT2D eigenvalue weighted by molar-refractivity contribution is -0.180.